The van der Waals surface area contributed by atoms with Gasteiger partial charge in [-0.05, 0) is 0 Å². The molecule has 4 aliphatic rings. The van der Waals surface area contributed by atoms with Crippen LogP contribution in [0.5, 0.6) is 0 Å². The molecule has 62 heavy (non-hydrogen) atoms. The van der Waals surface area contributed by atoms with Crippen molar-refractivity contribution < 1.29 is 129 Å². The Bertz CT molecular complexity index is 1390. The highest BCUT2D eigenvalue weighted by atomic mass is 16.8. The highest BCUT2D eigenvalue weighted by molar-refractivity contribution is 5.73. The van der Waals surface area contributed by atoms with Crippen molar-refractivity contribution in [2.45, 2.75) is 161 Å². The minimum absolute atomic E-state index is 0.776. The van der Waals surface area contributed by atoms with Gasteiger partial charge in [0.1, 0.15) is 116 Å². The molecule has 4 fully saturated rings. The van der Waals surface area contributed by atoms with Gasteiger partial charge in [0.25, 0.3) is 0 Å². The number of rotatable bonds is 19. The van der Waals surface area contributed by atoms with Gasteiger partial charge in [-0.1, -0.05) is 0 Å². The van der Waals surface area contributed by atoms with E-state index in [2.05, 4.69) is 10.6 Å². The average molecular weight is 913 g/mol. The van der Waals surface area contributed by atoms with Crippen LogP contribution in [0.15, 0.2) is 0 Å². The van der Waals surface area contributed by atoms with E-state index in [0.717, 1.165) is 13.8 Å². The summed E-state index contributed by atoms with van der Waals surface area (Å²) < 4.78 is 44.4. The minimum Gasteiger partial charge on any atom is -0.394 e. The van der Waals surface area contributed by atoms with Crippen LogP contribution < -0.4 is 10.6 Å². The van der Waals surface area contributed by atoms with E-state index in [0.29, 0.717) is 0 Å². The molecule has 362 valence electrons. The van der Waals surface area contributed by atoms with Gasteiger partial charge in [0.05, 0.1) is 45.7 Å². The second-order valence-corrected chi connectivity index (χ2v) is 15.2. The first kappa shape index (κ1) is 52.6. The number of hydrogen-bond acceptors (Lipinski definition) is 26. The van der Waals surface area contributed by atoms with Gasteiger partial charge in [-0.3, -0.25) is 9.59 Å². The normalized spacial score (nSPS) is 43.6. The second-order valence-electron chi connectivity index (χ2n) is 15.2. The Labute approximate surface area is 352 Å². The van der Waals surface area contributed by atoms with Gasteiger partial charge in [0.2, 0.25) is 11.8 Å². The van der Waals surface area contributed by atoms with Crippen LogP contribution in [0.25, 0.3) is 0 Å². The third kappa shape index (κ3) is 12.1. The first-order valence-corrected chi connectivity index (χ1v) is 19.5. The standard InChI is InChI=1S/C34H60N2O26/c1-9(42)35-11(3-37)28(60-34-27(54)30(21(48)15(6-40)58-34)62-33-26(53)24(51)20(47)14(5-39)57-33)18(45)12(44)8-55-31-17(36-10(2)43)22(49)29(16(7-41)59-31)61-32-25(52)23(50)19(46)13(4-38)56-32/h11-34,37-41,44-54H,3-8H2,1-2H3,(H,35,42)(H,36,43)/t11-,12+,13+,14+,15+,16+,17+,18-,19-,20-,21-,22+,23-,24-,25+,26+,27+,28+,29+,30-,31?,32-,33-,34-/m0/s1. The van der Waals surface area contributed by atoms with E-state index in [4.69, 9.17) is 37.9 Å². The molecule has 4 rings (SSSR count). The van der Waals surface area contributed by atoms with Crippen LogP contribution in [0.3, 0.4) is 0 Å². The summed E-state index contributed by atoms with van der Waals surface area (Å²) in [5.74, 6) is -1.58. The molecule has 0 saturated carbocycles. The molecule has 0 aromatic rings. The van der Waals surface area contributed by atoms with Crippen molar-refractivity contribution in [2.24, 2.45) is 0 Å². The average Bonchev–Trinajstić information content (AvgIpc) is 3.24. The Morgan fingerprint density at radius 2 is 1.02 bits per heavy atom. The number of aliphatic hydroxyl groups is 16. The fraction of sp³-hybridized carbons (Fsp3) is 0.941. The van der Waals surface area contributed by atoms with Gasteiger partial charge in [0, 0.05) is 13.8 Å². The molecule has 4 aliphatic heterocycles. The Morgan fingerprint density at radius 3 is 1.48 bits per heavy atom. The zero-order chi connectivity index (χ0) is 46.3. The molecule has 28 nitrogen and oxygen atoms in total. The smallest absolute Gasteiger partial charge is 0.217 e. The van der Waals surface area contributed by atoms with Gasteiger partial charge in [-0.15, -0.1) is 0 Å². The van der Waals surface area contributed by atoms with Crippen molar-refractivity contribution in [2.75, 3.05) is 39.6 Å². The molecular formula is C34H60N2O26. The van der Waals surface area contributed by atoms with Crippen LogP contribution in [0.4, 0.5) is 0 Å². The molecule has 0 bridgehead atoms. The zero-order valence-corrected chi connectivity index (χ0v) is 33.3. The summed E-state index contributed by atoms with van der Waals surface area (Å²) >= 11 is 0. The molecule has 0 aliphatic carbocycles. The van der Waals surface area contributed by atoms with Crippen molar-refractivity contribution in [3.63, 3.8) is 0 Å². The summed E-state index contributed by atoms with van der Waals surface area (Å²) in [6.07, 6.45) is -41.0. The van der Waals surface area contributed by atoms with Crippen LogP contribution in [0.1, 0.15) is 13.8 Å². The number of aliphatic hydroxyl groups excluding tert-OH is 16. The summed E-state index contributed by atoms with van der Waals surface area (Å²) in [4.78, 5) is 24.3. The summed E-state index contributed by atoms with van der Waals surface area (Å²) in [5, 5.41) is 172. The van der Waals surface area contributed by atoms with Gasteiger partial charge in [-0.25, -0.2) is 0 Å². The van der Waals surface area contributed by atoms with E-state index in [1.807, 2.05) is 0 Å². The lowest BCUT2D eigenvalue weighted by atomic mass is 9.95. The molecule has 1 unspecified atom stereocenters. The molecule has 28 heteroatoms. The Balaban J connectivity index is 1.53. The number of ether oxygens (including phenoxy) is 8. The topological polar surface area (TPSA) is 456 Å². The Kier molecular flexibility index (Phi) is 19.9. The summed E-state index contributed by atoms with van der Waals surface area (Å²) in [6.45, 7) is -3.55. The number of hydrogen-bond donors (Lipinski definition) is 18. The van der Waals surface area contributed by atoms with Crippen LogP contribution in [0.2, 0.25) is 0 Å². The maximum Gasteiger partial charge on any atom is 0.217 e. The van der Waals surface area contributed by atoms with Crippen molar-refractivity contribution in [3.05, 3.63) is 0 Å². The summed E-state index contributed by atoms with van der Waals surface area (Å²) in [5.41, 5.74) is 0. The summed E-state index contributed by atoms with van der Waals surface area (Å²) in [7, 11) is 0. The predicted octanol–water partition coefficient (Wildman–Crippen LogP) is -12.0. The van der Waals surface area contributed by atoms with Gasteiger partial charge in [0.15, 0.2) is 25.2 Å². The molecule has 0 spiro atoms. The minimum atomic E-state index is -2.25. The molecule has 18 N–H and O–H groups in total. The molecule has 4 heterocycles. The Morgan fingerprint density at radius 1 is 0.548 bits per heavy atom. The highest BCUT2D eigenvalue weighted by Crippen LogP contribution is 2.33. The van der Waals surface area contributed by atoms with E-state index in [9.17, 15) is 91.3 Å². The first-order chi connectivity index (χ1) is 29.2. The maximum atomic E-state index is 12.2. The van der Waals surface area contributed by atoms with Gasteiger partial charge in [-0.2, -0.15) is 0 Å². The number of nitrogens with one attached hydrogen (secondary N) is 2. The molecule has 4 saturated heterocycles. The largest absolute Gasteiger partial charge is 0.394 e. The number of carbonyl (C=O) groups is 2. The van der Waals surface area contributed by atoms with Crippen molar-refractivity contribution >= 4 is 11.8 Å². The lowest BCUT2D eigenvalue weighted by Gasteiger charge is -2.47. The third-order valence-corrected chi connectivity index (χ3v) is 10.8. The number of amides is 2. The van der Waals surface area contributed by atoms with Gasteiger partial charge >= 0.3 is 0 Å². The van der Waals surface area contributed by atoms with E-state index >= 15 is 0 Å². The molecule has 0 aromatic carbocycles. The van der Waals surface area contributed by atoms with Gasteiger partial charge < -0.3 is 130 Å². The van der Waals surface area contributed by atoms with Crippen LogP contribution in [0, 0.1) is 0 Å². The quantitative estimate of drug-likeness (QED) is 0.0572. The highest BCUT2D eigenvalue weighted by Gasteiger charge is 2.54. The SMILES string of the molecule is CC(=O)N[C@@H](CO)[C@@H](O[C@@H]1O[C@H](CO)[C@H](O)[C@H](O[C@@H]2O[C@H](CO)[C@H](O)[C@H](O)[C@H]2O)[C@H]1O)[C@@H](O)[C@H](O)COC1O[C@H](CO)[C@@H](O[C@@H]2O[C@H](CO)[C@H](O)[C@H](O)[C@H]2O)[C@H](O)[C@H]1NC(C)=O. The number of carbonyl (C=O) groups excluding carboxylic acids is 2. The third-order valence-electron chi connectivity index (χ3n) is 10.8. The molecular weight excluding hydrogens is 852 g/mol. The lowest BCUT2D eigenvalue weighted by Crippen LogP contribution is -2.68. The first-order valence-electron chi connectivity index (χ1n) is 19.5. The van der Waals surface area contributed by atoms with Crippen molar-refractivity contribution in [3.8, 4) is 0 Å². The predicted molar refractivity (Wildman–Crippen MR) is 192 cm³/mol. The Hall–Kier alpha value is -2.02. The van der Waals surface area contributed by atoms with Crippen LogP contribution in [-0.4, -0.2) is 280 Å². The van der Waals surface area contributed by atoms with Crippen molar-refractivity contribution in [1.82, 2.24) is 10.6 Å². The fourth-order valence-electron chi connectivity index (χ4n) is 7.33. The van der Waals surface area contributed by atoms with E-state index in [1.165, 1.54) is 0 Å². The molecule has 0 radical (unpaired) electrons. The van der Waals surface area contributed by atoms with E-state index < -0.39 is 199 Å². The van der Waals surface area contributed by atoms with Crippen LogP contribution >= 0.6 is 0 Å². The van der Waals surface area contributed by atoms with E-state index in [-0.39, 0.29) is 0 Å². The molecule has 24 atom stereocenters. The molecule has 0 aromatic heterocycles. The monoisotopic (exact) mass is 912 g/mol. The van der Waals surface area contributed by atoms with E-state index in [1.54, 1.807) is 0 Å². The fourth-order valence-corrected chi connectivity index (χ4v) is 7.33. The lowest BCUT2D eigenvalue weighted by molar-refractivity contribution is -0.367. The zero-order valence-electron chi connectivity index (χ0n) is 33.3. The van der Waals surface area contributed by atoms with Crippen molar-refractivity contribution in [1.29, 1.82) is 0 Å². The molecule has 2 amide bonds. The summed E-state index contributed by atoms with van der Waals surface area (Å²) in [6, 6.07) is -3.24. The van der Waals surface area contributed by atoms with Crippen LogP contribution in [-0.2, 0) is 47.5 Å². The second kappa shape index (κ2) is 23.4. The maximum absolute atomic E-state index is 12.2.